The SMILES string of the molecule is CC(c1ccccc1)N1CCc2c(NC(=O)CC34CC5CC(C)(CC(C)(C5)C3)C4)cccc2C1=O. The number of anilines is 1. The third-order valence-electron chi connectivity index (χ3n) is 9.57. The minimum absolute atomic E-state index is 0.0221. The molecule has 0 aromatic heterocycles. The van der Waals surface area contributed by atoms with Gasteiger partial charge in [0, 0.05) is 24.2 Å². The second-order valence-electron chi connectivity index (χ2n) is 13.0. The first-order chi connectivity index (χ1) is 16.7. The van der Waals surface area contributed by atoms with Crippen LogP contribution in [-0.2, 0) is 11.2 Å². The van der Waals surface area contributed by atoms with E-state index in [4.69, 9.17) is 0 Å². The lowest BCUT2D eigenvalue weighted by molar-refractivity contribution is -0.153. The van der Waals surface area contributed by atoms with Crippen LogP contribution >= 0.6 is 0 Å². The summed E-state index contributed by atoms with van der Waals surface area (Å²) in [5.41, 5.74) is 4.66. The molecule has 4 heteroatoms. The Bertz CT molecular complexity index is 1150. The first kappa shape index (κ1) is 22.8. The quantitative estimate of drug-likeness (QED) is 0.524. The zero-order valence-corrected chi connectivity index (χ0v) is 21.4. The van der Waals surface area contributed by atoms with Crippen LogP contribution in [0.25, 0.3) is 0 Å². The van der Waals surface area contributed by atoms with E-state index in [1.165, 1.54) is 38.5 Å². The lowest BCUT2D eigenvalue weighted by Crippen LogP contribution is -2.55. The number of hydrogen-bond acceptors (Lipinski definition) is 2. The molecule has 4 nitrogen and oxygen atoms in total. The van der Waals surface area contributed by atoms with Crippen molar-refractivity contribution in [1.29, 1.82) is 0 Å². The minimum atomic E-state index is 0.0221. The molecule has 3 unspecified atom stereocenters. The van der Waals surface area contributed by atoms with Crippen LogP contribution in [0.4, 0.5) is 5.69 Å². The predicted molar refractivity (Wildman–Crippen MR) is 139 cm³/mol. The number of fused-ring (bicyclic) bond motifs is 1. The fourth-order valence-electron chi connectivity index (χ4n) is 9.36. The van der Waals surface area contributed by atoms with E-state index in [2.05, 4.69) is 38.2 Å². The normalized spacial score (nSPS) is 34.0. The van der Waals surface area contributed by atoms with Gasteiger partial charge in [0.25, 0.3) is 5.91 Å². The van der Waals surface area contributed by atoms with Crippen molar-refractivity contribution in [2.45, 2.75) is 78.2 Å². The Morgan fingerprint density at radius 3 is 2.40 bits per heavy atom. The maximum atomic E-state index is 13.5. The van der Waals surface area contributed by atoms with E-state index in [-0.39, 0.29) is 23.3 Å². The molecule has 2 aromatic carbocycles. The largest absolute Gasteiger partial charge is 0.332 e. The molecule has 4 aliphatic carbocycles. The molecular weight excluding hydrogens is 432 g/mol. The van der Waals surface area contributed by atoms with Gasteiger partial charge in [-0.25, -0.2) is 0 Å². The van der Waals surface area contributed by atoms with E-state index in [0.29, 0.717) is 23.8 Å². The van der Waals surface area contributed by atoms with E-state index in [0.717, 1.165) is 34.7 Å². The summed E-state index contributed by atoms with van der Waals surface area (Å²) in [4.78, 5) is 28.8. The van der Waals surface area contributed by atoms with Crippen molar-refractivity contribution in [1.82, 2.24) is 4.90 Å². The molecule has 0 spiro atoms. The van der Waals surface area contributed by atoms with E-state index in [9.17, 15) is 9.59 Å². The third-order valence-corrected chi connectivity index (χ3v) is 9.57. The van der Waals surface area contributed by atoms with Crippen molar-refractivity contribution >= 4 is 17.5 Å². The number of rotatable bonds is 5. The lowest BCUT2D eigenvalue weighted by Gasteiger charge is -2.65. The Morgan fingerprint density at radius 1 is 1.00 bits per heavy atom. The molecule has 1 aliphatic heterocycles. The minimum Gasteiger partial charge on any atom is -0.332 e. The summed E-state index contributed by atoms with van der Waals surface area (Å²) in [5.74, 6) is 0.967. The van der Waals surface area contributed by atoms with Gasteiger partial charge in [-0.15, -0.1) is 0 Å². The van der Waals surface area contributed by atoms with Crippen LogP contribution in [0, 0.1) is 22.2 Å². The van der Waals surface area contributed by atoms with Crippen LogP contribution in [-0.4, -0.2) is 23.3 Å². The van der Waals surface area contributed by atoms with E-state index in [1.807, 2.05) is 41.3 Å². The van der Waals surface area contributed by atoms with Gasteiger partial charge in [0.1, 0.15) is 0 Å². The molecule has 1 N–H and O–H groups in total. The summed E-state index contributed by atoms with van der Waals surface area (Å²) >= 11 is 0. The van der Waals surface area contributed by atoms with Crippen molar-refractivity contribution < 1.29 is 9.59 Å². The Balaban J connectivity index is 1.19. The van der Waals surface area contributed by atoms with Gasteiger partial charge in [-0.1, -0.05) is 50.2 Å². The molecule has 3 atom stereocenters. The van der Waals surface area contributed by atoms with Crippen molar-refractivity contribution in [3.63, 3.8) is 0 Å². The molecule has 1 heterocycles. The molecule has 2 aromatic rings. The molecule has 5 aliphatic rings. The fourth-order valence-corrected chi connectivity index (χ4v) is 9.36. The maximum Gasteiger partial charge on any atom is 0.254 e. The number of nitrogens with zero attached hydrogens (tertiary/aromatic N) is 1. The number of amides is 2. The molecule has 7 rings (SSSR count). The van der Waals surface area contributed by atoms with Gasteiger partial charge in [0.15, 0.2) is 0 Å². The average molecular weight is 471 g/mol. The van der Waals surface area contributed by atoms with Gasteiger partial charge in [-0.2, -0.15) is 0 Å². The molecule has 4 saturated carbocycles. The summed E-state index contributed by atoms with van der Waals surface area (Å²) in [6.45, 7) is 7.68. The summed E-state index contributed by atoms with van der Waals surface area (Å²) in [5, 5.41) is 3.26. The number of hydrogen-bond donors (Lipinski definition) is 1. The Labute approximate surface area is 209 Å². The second-order valence-corrected chi connectivity index (χ2v) is 13.0. The zero-order chi connectivity index (χ0) is 24.4. The molecule has 2 amide bonds. The highest BCUT2D eigenvalue weighted by Gasteiger charge is 2.60. The summed E-state index contributed by atoms with van der Waals surface area (Å²) < 4.78 is 0. The second kappa shape index (κ2) is 7.94. The van der Waals surface area contributed by atoms with Gasteiger partial charge in [-0.3, -0.25) is 9.59 Å². The topological polar surface area (TPSA) is 49.4 Å². The van der Waals surface area contributed by atoms with Gasteiger partial charge in [0.05, 0.1) is 6.04 Å². The molecule has 4 bridgehead atoms. The summed E-state index contributed by atoms with van der Waals surface area (Å²) in [6, 6.07) is 16.0. The summed E-state index contributed by atoms with van der Waals surface area (Å²) in [7, 11) is 0. The number of carbonyl (C=O) groups excluding carboxylic acids is 2. The summed E-state index contributed by atoms with van der Waals surface area (Å²) in [6.07, 6.45) is 8.99. The van der Waals surface area contributed by atoms with E-state index in [1.54, 1.807) is 0 Å². The first-order valence-corrected chi connectivity index (χ1v) is 13.4. The number of benzene rings is 2. The first-order valence-electron chi connectivity index (χ1n) is 13.4. The molecule has 4 fully saturated rings. The standard InChI is InChI=1S/C31H38N2O2/c1-21(23-8-5-4-6-9-23)33-13-12-24-25(28(33)35)10-7-11-26(24)32-27(34)17-31-16-22-14-29(2,19-31)18-30(3,15-22)20-31/h4-11,21-22H,12-20H2,1-3H3,(H,32,34). The Morgan fingerprint density at radius 2 is 1.71 bits per heavy atom. The van der Waals surface area contributed by atoms with Crippen molar-refractivity contribution in [3.05, 3.63) is 65.2 Å². The van der Waals surface area contributed by atoms with Gasteiger partial charge in [-0.05, 0) is 97.3 Å². The van der Waals surface area contributed by atoms with Crippen LogP contribution in [0.1, 0.15) is 93.2 Å². The molecular formula is C31H38N2O2. The highest BCUT2D eigenvalue weighted by molar-refractivity contribution is 6.00. The zero-order valence-electron chi connectivity index (χ0n) is 21.4. The molecule has 184 valence electrons. The third kappa shape index (κ3) is 3.99. The van der Waals surface area contributed by atoms with Crippen LogP contribution in [0.5, 0.6) is 0 Å². The predicted octanol–water partition coefficient (Wildman–Crippen LogP) is 6.77. The Kier molecular flexibility index (Phi) is 5.18. The van der Waals surface area contributed by atoms with Gasteiger partial charge >= 0.3 is 0 Å². The number of nitrogens with one attached hydrogen (secondary N) is 1. The van der Waals surface area contributed by atoms with E-state index >= 15 is 0 Å². The van der Waals surface area contributed by atoms with Gasteiger partial charge in [0.2, 0.25) is 5.91 Å². The number of carbonyl (C=O) groups is 2. The fraction of sp³-hybridized carbons (Fsp3) is 0.548. The van der Waals surface area contributed by atoms with Crippen molar-refractivity contribution in [2.75, 3.05) is 11.9 Å². The van der Waals surface area contributed by atoms with Crippen molar-refractivity contribution in [3.8, 4) is 0 Å². The monoisotopic (exact) mass is 470 g/mol. The van der Waals surface area contributed by atoms with Crippen LogP contribution < -0.4 is 5.32 Å². The highest BCUT2D eigenvalue weighted by atomic mass is 16.2. The van der Waals surface area contributed by atoms with E-state index < -0.39 is 0 Å². The van der Waals surface area contributed by atoms with Crippen molar-refractivity contribution in [2.24, 2.45) is 22.2 Å². The average Bonchev–Trinajstić information content (AvgIpc) is 2.77. The van der Waals surface area contributed by atoms with Crippen LogP contribution in [0.3, 0.4) is 0 Å². The molecule has 35 heavy (non-hydrogen) atoms. The van der Waals surface area contributed by atoms with Gasteiger partial charge < -0.3 is 10.2 Å². The van der Waals surface area contributed by atoms with Crippen LogP contribution in [0.2, 0.25) is 0 Å². The smallest absolute Gasteiger partial charge is 0.254 e. The lowest BCUT2D eigenvalue weighted by atomic mass is 9.40. The maximum absolute atomic E-state index is 13.5. The Hall–Kier alpha value is -2.62. The van der Waals surface area contributed by atoms with Crippen LogP contribution in [0.15, 0.2) is 48.5 Å². The molecule has 0 radical (unpaired) electrons. The molecule has 0 saturated heterocycles. The highest BCUT2D eigenvalue weighted by Crippen LogP contribution is 2.70.